The number of alkyl halides is 3. The first-order valence-corrected chi connectivity index (χ1v) is 7.66. The van der Waals surface area contributed by atoms with Crippen molar-refractivity contribution >= 4 is 40.4 Å². The van der Waals surface area contributed by atoms with Gasteiger partial charge in [-0.3, -0.25) is 0 Å². The predicted octanol–water partition coefficient (Wildman–Crippen LogP) is 6.49. The zero-order valence-electron chi connectivity index (χ0n) is 11.2. The highest BCUT2D eigenvalue weighted by molar-refractivity contribution is 8.12. The van der Waals surface area contributed by atoms with Gasteiger partial charge < -0.3 is 0 Å². The van der Waals surface area contributed by atoms with E-state index in [4.69, 9.17) is 11.6 Å². The molecule has 0 saturated heterocycles. The third kappa shape index (κ3) is 3.23. The molecule has 1 heterocycles. The summed E-state index contributed by atoms with van der Waals surface area (Å²) in [5.41, 5.74) is 2.19. The zero-order valence-corrected chi connectivity index (χ0v) is 12.8. The first-order chi connectivity index (χ1) is 10.4. The number of benzene rings is 2. The normalized spacial score (nSPS) is 16.4. The van der Waals surface area contributed by atoms with Crippen molar-refractivity contribution in [2.24, 2.45) is 0 Å². The van der Waals surface area contributed by atoms with Crippen LogP contribution in [0.15, 0.2) is 53.4 Å². The molecule has 0 nitrogen and oxygen atoms in total. The molecule has 0 aromatic heterocycles. The second-order valence-electron chi connectivity index (χ2n) is 4.76. The maximum atomic E-state index is 13.1. The van der Waals surface area contributed by atoms with Gasteiger partial charge in [0.05, 0.1) is 4.91 Å². The second kappa shape index (κ2) is 5.86. The molecule has 0 radical (unpaired) electrons. The fraction of sp³-hybridized carbons (Fsp3) is 0.0588. The molecular weight excluding hydrogens is 329 g/mol. The van der Waals surface area contributed by atoms with Crippen molar-refractivity contribution in [2.45, 2.75) is 6.18 Å². The number of rotatable bonds is 1. The Hall–Kier alpha value is -1.65. The molecule has 2 aromatic carbocycles. The van der Waals surface area contributed by atoms with Crippen LogP contribution in [0.25, 0.3) is 17.1 Å². The van der Waals surface area contributed by atoms with Gasteiger partial charge in [0, 0.05) is 9.93 Å². The number of fused-ring (bicyclic) bond motifs is 1. The Kier molecular flexibility index (Phi) is 4.06. The Morgan fingerprint density at radius 3 is 2.32 bits per heavy atom. The molecule has 112 valence electrons. The molecule has 0 fully saturated rings. The average molecular weight is 339 g/mol. The van der Waals surface area contributed by atoms with Crippen LogP contribution in [0.3, 0.4) is 0 Å². The summed E-state index contributed by atoms with van der Waals surface area (Å²) in [6.45, 7) is 0. The minimum atomic E-state index is -4.35. The van der Waals surface area contributed by atoms with Gasteiger partial charge in [-0.1, -0.05) is 59.8 Å². The summed E-state index contributed by atoms with van der Waals surface area (Å²) in [5, 5.41) is 0.592. The molecule has 2 aromatic rings. The van der Waals surface area contributed by atoms with Gasteiger partial charge in [0.15, 0.2) is 0 Å². The molecule has 1 aliphatic heterocycles. The lowest BCUT2D eigenvalue weighted by atomic mass is 10.0. The lowest BCUT2D eigenvalue weighted by Gasteiger charge is -2.20. The van der Waals surface area contributed by atoms with Crippen molar-refractivity contribution in [2.75, 3.05) is 0 Å². The van der Waals surface area contributed by atoms with Crippen LogP contribution in [-0.4, -0.2) is 6.18 Å². The molecule has 1 aliphatic rings. The van der Waals surface area contributed by atoms with E-state index in [-0.39, 0.29) is 0 Å². The average Bonchev–Trinajstić information content (AvgIpc) is 2.48. The van der Waals surface area contributed by atoms with E-state index in [1.165, 1.54) is 6.08 Å². The highest BCUT2D eigenvalue weighted by atomic mass is 35.5. The van der Waals surface area contributed by atoms with Crippen LogP contribution in [0.5, 0.6) is 0 Å². The second-order valence-corrected chi connectivity index (χ2v) is 6.28. The van der Waals surface area contributed by atoms with E-state index >= 15 is 0 Å². The van der Waals surface area contributed by atoms with E-state index in [1.807, 2.05) is 12.1 Å². The highest BCUT2D eigenvalue weighted by Crippen LogP contribution is 2.48. The van der Waals surface area contributed by atoms with Gasteiger partial charge in [-0.2, -0.15) is 13.2 Å². The van der Waals surface area contributed by atoms with E-state index in [2.05, 4.69) is 0 Å². The minimum Gasteiger partial charge on any atom is -0.166 e. The number of thioether (sulfide) groups is 1. The SMILES string of the molecule is FC(F)(F)C1=Cc2ccccc2/C(=C/c2ccc(Cl)cc2)S1. The Labute approximate surface area is 135 Å². The molecule has 0 amide bonds. The van der Waals surface area contributed by atoms with Crippen LogP contribution in [0.4, 0.5) is 13.2 Å². The Morgan fingerprint density at radius 1 is 0.955 bits per heavy atom. The lowest BCUT2D eigenvalue weighted by molar-refractivity contribution is -0.0827. The highest BCUT2D eigenvalue weighted by Gasteiger charge is 2.37. The zero-order chi connectivity index (χ0) is 15.7. The number of halogens is 4. The van der Waals surface area contributed by atoms with Crippen LogP contribution < -0.4 is 0 Å². The Bertz CT molecular complexity index is 758. The first-order valence-electron chi connectivity index (χ1n) is 6.47. The van der Waals surface area contributed by atoms with E-state index in [0.717, 1.165) is 22.9 Å². The molecule has 3 rings (SSSR count). The number of hydrogen-bond acceptors (Lipinski definition) is 1. The molecule has 0 saturated carbocycles. The largest absolute Gasteiger partial charge is 0.422 e. The van der Waals surface area contributed by atoms with Gasteiger partial charge in [0.25, 0.3) is 0 Å². The molecular formula is C17H10ClF3S. The van der Waals surface area contributed by atoms with Crippen LogP contribution in [-0.2, 0) is 0 Å². The van der Waals surface area contributed by atoms with Gasteiger partial charge >= 0.3 is 6.18 Å². The Morgan fingerprint density at radius 2 is 1.64 bits per heavy atom. The standard InChI is InChI=1S/C17H10ClF3S/c18-13-7-5-11(6-8-13)9-15-14-4-2-1-3-12(14)10-16(22-15)17(19,20)21/h1-10H/b15-9-. The van der Waals surface area contributed by atoms with E-state index < -0.39 is 11.1 Å². The first kappa shape index (κ1) is 15.3. The molecule has 0 atom stereocenters. The maximum Gasteiger partial charge on any atom is 0.422 e. The van der Waals surface area contributed by atoms with Gasteiger partial charge in [-0.25, -0.2) is 0 Å². The molecule has 0 aliphatic carbocycles. The van der Waals surface area contributed by atoms with Crippen molar-refractivity contribution in [3.8, 4) is 0 Å². The molecule has 0 unspecified atom stereocenters. The summed E-state index contributed by atoms with van der Waals surface area (Å²) in [7, 11) is 0. The lowest BCUT2D eigenvalue weighted by Crippen LogP contribution is -2.11. The van der Waals surface area contributed by atoms with E-state index in [0.29, 0.717) is 15.5 Å². The van der Waals surface area contributed by atoms with Gasteiger partial charge in [0.2, 0.25) is 0 Å². The third-order valence-corrected chi connectivity index (χ3v) is 4.56. The summed E-state index contributed by atoms with van der Waals surface area (Å²) in [5.74, 6) is 0. The van der Waals surface area contributed by atoms with Crippen molar-refractivity contribution in [1.82, 2.24) is 0 Å². The molecule has 0 N–H and O–H groups in total. The number of hydrogen-bond donors (Lipinski definition) is 0. The van der Waals surface area contributed by atoms with E-state index in [9.17, 15) is 13.2 Å². The van der Waals surface area contributed by atoms with Crippen LogP contribution in [0.1, 0.15) is 16.7 Å². The van der Waals surface area contributed by atoms with Crippen molar-refractivity contribution in [3.05, 3.63) is 75.1 Å². The number of allylic oxidation sites excluding steroid dienone is 1. The van der Waals surface area contributed by atoms with Crippen molar-refractivity contribution in [1.29, 1.82) is 0 Å². The quantitative estimate of drug-likeness (QED) is 0.572. The fourth-order valence-corrected chi connectivity index (χ4v) is 3.30. The van der Waals surface area contributed by atoms with Crippen LogP contribution >= 0.6 is 23.4 Å². The Balaban J connectivity index is 2.08. The molecule has 5 heteroatoms. The molecule has 0 bridgehead atoms. The minimum absolute atomic E-state index is 0.577. The summed E-state index contributed by atoms with van der Waals surface area (Å²) in [4.78, 5) is -0.0286. The maximum absolute atomic E-state index is 13.1. The summed E-state index contributed by atoms with van der Waals surface area (Å²) in [6.07, 6.45) is -1.41. The summed E-state index contributed by atoms with van der Waals surface area (Å²) in [6, 6.07) is 14.1. The fourth-order valence-electron chi connectivity index (χ4n) is 2.15. The smallest absolute Gasteiger partial charge is 0.166 e. The molecule has 0 spiro atoms. The van der Waals surface area contributed by atoms with Gasteiger partial charge in [-0.05, 0) is 41.0 Å². The van der Waals surface area contributed by atoms with Gasteiger partial charge in [-0.15, -0.1) is 0 Å². The third-order valence-electron chi connectivity index (χ3n) is 3.18. The summed E-state index contributed by atoms with van der Waals surface area (Å²) < 4.78 is 39.2. The summed E-state index contributed by atoms with van der Waals surface area (Å²) >= 11 is 6.58. The molecule has 22 heavy (non-hydrogen) atoms. The van der Waals surface area contributed by atoms with Crippen LogP contribution in [0.2, 0.25) is 5.02 Å². The van der Waals surface area contributed by atoms with Crippen molar-refractivity contribution < 1.29 is 13.2 Å². The van der Waals surface area contributed by atoms with Crippen LogP contribution in [0, 0.1) is 0 Å². The monoisotopic (exact) mass is 338 g/mol. The van der Waals surface area contributed by atoms with Crippen molar-refractivity contribution in [3.63, 3.8) is 0 Å². The predicted molar refractivity (Wildman–Crippen MR) is 87.4 cm³/mol. The van der Waals surface area contributed by atoms with E-state index in [1.54, 1.807) is 42.5 Å². The topological polar surface area (TPSA) is 0 Å². The van der Waals surface area contributed by atoms with Gasteiger partial charge in [0.1, 0.15) is 0 Å².